The minimum atomic E-state index is -4.23. The van der Waals surface area contributed by atoms with E-state index in [0.717, 1.165) is 16.7 Å². The van der Waals surface area contributed by atoms with Crippen molar-refractivity contribution in [2.75, 3.05) is 0 Å². The molecule has 0 saturated heterocycles. The van der Waals surface area contributed by atoms with Crippen molar-refractivity contribution in [3.05, 3.63) is 82.0 Å². The van der Waals surface area contributed by atoms with E-state index in [1.54, 1.807) is 32.0 Å². The minimum absolute atomic E-state index is 0.0507. The molecule has 2 heterocycles. The Bertz CT molecular complexity index is 1900. The number of carbonyl (C=O) groups excluding carboxylic acids is 1. The zero-order valence-corrected chi connectivity index (χ0v) is 28.4. The van der Waals surface area contributed by atoms with E-state index in [9.17, 15) is 32.2 Å². The maximum atomic E-state index is 13.6. The number of alkyl halides is 2. The molecular weight excluding hydrogens is 651 g/mol. The summed E-state index contributed by atoms with van der Waals surface area (Å²) in [6, 6.07) is 14.2. The molecule has 0 fully saturated rings. The van der Waals surface area contributed by atoms with Crippen molar-refractivity contribution in [1.82, 2.24) is 9.71 Å². The van der Waals surface area contributed by atoms with Crippen LogP contribution in [0.5, 0.6) is 11.5 Å². The molecule has 9 nitrogen and oxygen atoms in total. The summed E-state index contributed by atoms with van der Waals surface area (Å²) in [5, 5.41) is 20.5. The molecule has 13 heteroatoms. The van der Waals surface area contributed by atoms with Crippen molar-refractivity contribution in [1.29, 1.82) is 0 Å². The van der Waals surface area contributed by atoms with E-state index in [2.05, 4.69) is 19.2 Å². The van der Waals surface area contributed by atoms with Crippen molar-refractivity contribution in [3.8, 4) is 33.1 Å². The van der Waals surface area contributed by atoms with Gasteiger partial charge in [-0.15, -0.1) is 20.1 Å². The topological polar surface area (TPSA) is 135 Å². The molecule has 0 aliphatic carbocycles. The standard InChI is InChI=1S/C34H36F2N2O7S2/c1-18(2)24-13-22(21-9-12-28-29(15-21)45-34(35,36)44-28)14-25(19(3)4)26(24)16-30(40)38-47(42,43)23-10-7-20(8-11-23)31-27(17-39)37-32(46-31)33(5,6)41/h7-15,18-19,39,41H,16-17H2,1-6H3,(H,38,40). The number of sulfonamides is 1. The number of halogens is 2. The normalized spacial score (nSPS) is 14.2. The number of aliphatic hydroxyl groups excluding tert-OH is 1. The summed E-state index contributed by atoms with van der Waals surface area (Å²) >= 11 is 1.20. The third-order valence-electron chi connectivity index (χ3n) is 7.68. The number of rotatable bonds is 10. The number of hydrogen-bond donors (Lipinski definition) is 3. The van der Waals surface area contributed by atoms with Gasteiger partial charge in [0.2, 0.25) is 5.91 Å². The average molecular weight is 687 g/mol. The summed E-state index contributed by atoms with van der Waals surface area (Å²) in [5.74, 6) is -0.952. The maximum absolute atomic E-state index is 13.6. The van der Waals surface area contributed by atoms with Gasteiger partial charge >= 0.3 is 6.29 Å². The lowest BCUT2D eigenvalue weighted by Gasteiger charge is -2.22. The first-order chi connectivity index (χ1) is 21.9. The maximum Gasteiger partial charge on any atom is 0.586 e. The van der Waals surface area contributed by atoms with E-state index < -0.39 is 27.8 Å². The number of amides is 1. The van der Waals surface area contributed by atoms with E-state index in [1.807, 2.05) is 39.8 Å². The van der Waals surface area contributed by atoms with Gasteiger partial charge in [-0.1, -0.05) is 58.0 Å². The molecule has 0 radical (unpaired) electrons. The number of aromatic nitrogens is 1. The van der Waals surface area contributed by atoms with E-state index in [-0.39, 0.29) is 41.3 Å². The summed E-state index contributed by atoms with van der Waals surface area (Å²) in [6.45, 7) is 10.6. The summed E-state index contributed by atoms with van der Waals surface area (Å²) in [7, 11) is -4.23. The number of aliphatic hydroxyl groups is 2. The second-order valence-electron chi connectivity index (χ2n) is 12.5. The van der Waals surface area contributed by atoms with Crippen molar-refractivity contribution in [3.63, 3.8) is 0 Å². The third kappa shape index (κ3) is 7.33. The predicted octanol–water partition coefficient (Wildman–Crippen LogP) is 6.81. The van der Waals surface area contributed by atoms with Crippen LogP contribution in [0.3, 0.4) is 0 Å². The van der Waals surface area contributed by atoms with Crippen LogP contribution in [0.4, 0.5) is 8.78 Å². The number of nitrogens with zero attached hydrogens (tertiary/aromatic N) is 1. The highest BCUT2D eigenvalue weighted by Crippen LogP contribution is 2.44. The van der Waals surface area contributed by atoms with E-state index in [4.69, 9.17) is 0 Å². The highest BCUT2D eigenvalue weighted by Gasteiger charge is 2.43. The molecule has 1 aliphatic rings. The fraction of sp³-hybridized carbons (Fsp3) is 0.353. The Kier molecular flexibility index (Phi) is 9.23. The molecule has 0 spiro atoms. The molecule has 0 saturated carbocycles. The molecule has 1 aromatic heterocycles. The first kappa shape index (κ1) is 34.4. The molecule has 1 amide bonds. The van der Waals surface area contributed by atoms with Crippen LogP contribution in [0.2, 0.25) is 0 Å². The molecule has 47 heavy (non-hydrogen) atoms. The fourth-order valence-electron chi connectivity index (χ4n) is 5.38. The summed E-state index contributed by atoms with van der Waals surface area (Å²) < 4.78 is 65.1. The molecule has 0 bridgehead atoms. The summed E-state index contributed by atoms with van der Waals surface area (Å²) in [6.07, 6.45) is -3.94. The molecule has 1 aliphatic heterocycles. The number of hydrogen-bond acceptors (Lipinski definition) is 9. The van der Waals surface area contributed by atoms with Crippen molar-refractivity contribution >= 4 is 27.3 Å². The Morgan fingerprint density at radius 2 is 1.51 bits per heavy atom. The second-order valence-corrected chi connectivity index (χ2v) is 15.2. The first-order valence-electron chi connectivity index (χ1n) is 14.9. The van der Waals surface area contributed by atoms with Gasteiger partial charge in [0.15, 0.2) is 11.5 Å². The molecule has 4 aromatic rings. The monoisotopic (exact) mass is 686 g/mol. The highest BCUT2D eigenvalue weighted by atomic mass is 32.2. The van der Waals surface area contributed by atoms with Gasteiger partial charge in [0.05, 0.1) is 28.5 Å². The average Bonchev–Trinajstić information content (AvgIpc) is 3.56. The minimum Gasteiger partial charge on any atom is -0.395 e. The number of thiazole rings is 1. The van der Waals surface area contributed by atoms with Crippen LogP contribution in [0, 0.1) is 0 Å². The van der Waals surface area contributed by atoms with Gasteiger partial charge in [0.25, 0.3) is 10.0 Å². The van der Waals surface area contributed by atoms with Crippen LogP contribution < -0.4 is 14.2 Å². The van der Waals surface area contributed by atoms with Crippen molar-refractivity contribution in [2.24, 2.45) is 0 Å². The largest absolute Gasteiger partial charge is 0.586 e. The van der Waals surface area contributed by atoms with Crippen molar-refractivity contribution < 1.29 is 41.7 Å². The number of nitrogens with one attached hydrogen (secondary N) is 1. The quantitative estimate of drug-likeness (QED) is 0.166. The number of fused-ring (bicyclic) bond motifs is 1. The molecule has 5 rings (SSSR count). The van der Waals surface area contributed by atoms with Crippen LogP contribution in [-0.2, 0) is 33.4 Å². The summed E-state index contributed by atoms with van der Waals surface area (Å²) in [4.78, 5) is 18.1. The van der Waals surface area contributed by atoms with E-state index >= 15 is 0 Å². The Morgan fingerprint density at radius 1 is 0.936 bits per heavy atom. The highest BCUT2D eigenvalue weighted by molar-refractivity contribution is 7.90. The van der Waals surface area contributed by atoms with Gasteiger partial charge in [-0.25, -0.2) is 18.1 Å². The zero-order valence-electron chi connectivity index (χ0n) is 26.7. The van der Waals surface area contributed by atoms with Crippen LogP contribution in [0.25, 0.3) is 21.6 Å². The lowest BCUT2D eigenvalue weighted by atomic mass is 9.84. The van der Waals surface area contributed by atoms with Gasteiger partial charge < -0.3 is 19.7 Å². The van der Waals surface area contributed by atoms with Crippen LogP contribution in [0.15, 0.2) is 59.5 Å². The van der Waals surface area contributed by atoms with Crippen LogP contribution >= 0.6 is 11.3 Å². The second kappa shape index (κ2) is 12.6. The van der Waals surface area contributed by atoms with Crippen LogP contribution in [-0.4, -0.2) is 35.8 Å². The van der Waals surface area contributed by atoms with Gasteiger partial charge in [-0.3, -0.25) is 4.79 Å². The molecule has 0 unspecified atom stereocenters. The lowest BCUT2D eigenvalue weighted by Crippen LogP contribution is -2.32. The smallest absolute Gasteiger partial charge is 0.395 e. The molecule has 3 aromatic carbocycles. The summed E-state index contributed by atoms with van der Waals surface area (Å²) in [5.41, 5.74) is 3.45. The number of benzene rings is 3. The molecule has 3 N–H and O–H groups in total. The Morgan fingerprint density at radius 3 is 2.06 bits per heavy atom. The molecular formula is C34H36F2N2O7S2. The molecule has 0 atom stereocenters. The lowest BCUT2D eigenvalue weighted by molar-refractivity contribution is -0.286. The predicted molar refractivity (Wildman–Crippen MR) is 174 cm³/mol. The van der Waals surface area contributed by atoms with Gasteiger partial charge in [0.1, 0.15) is 10.6 Å². The Balaban J connectivity index is 1.40. The first-order valence-corrected chi connectivity index (χ1v) is 17.2. The SMILES string of the molecule is CC(C)c1cc(-c2ccc3c(c2)OC(F)(F)O3)cc(C(C)C)c1CC(=O)NS(=O)(=O)c1ccc(-c2sc(C(C)(C)O)nc2CO)cc1. The van der Waals surface area contributed by atoms with Gasteiger partial charge in [-0.2, -0.15) is 0 Å². The van der Waals surface area contributed by atoms with Gasteiger partial charge in [-0.05, 0) is 83.3 Å². The molecule has 250 valence electrons. The third-order valence-corrected chi connectivity index (χ3v) is 10.5. The number of ether oxygens (including phenoxy) is 2. The van der Waals surface area contributed by atoms with E-state index in [0.29, 0.717) is 32.3 Å². The van der Waals surface area contributed by atoms with Crippen molar-refractivity contribution in [2.45, 2.75) is 83.2 Å². The van der Waals surface area contributed by atoms with E-state index in [1.165, 1.54) is 35.6 Å². The fourth-order valence-corrected chi connectivity index (χ4v) is 7.45. The zero-order chi connectivity index (χ0) is 34.5. The van der Waals surface area contributed by atoms with Gasteiger partial charge in [0, 0.05) is 0 Å². The number of carbonyl (C=O) groups is 1. The Labute approximate surface area is 276 Å². The Hall–Kier alpha value is -3.91. The van der Waals surface area contributed by atoms with Crippen LogP contribution in [0.1, 0.15) is 80.8 Å².